The molecule has 174 valence electrons. The largest absolute Gasteiger partial charge is 0.350 e. The number of hydrogen-bond acceptors (Lipinski definition) is 5. The lowest BCUT2D eigenvalue weighted by Crippen LogP contribution is -2.27. The van der Waals surface area contributed by atoms with E-state index in [0.29, 0.717) is 25.2 Å². The number of imidazole rings is 1. The molecule has 0 unspecified atom stereocenters. The summed E-state index contributed by atoms with van der Waals surface area (Å²) in [5, 5.41) is 16.9. The van der Waals surface area contributed by atoms with Gasteiger partial charge in [-0.05, 0) is 36.8 Å². The maximum atomic E-state index is 13.1. The number of benzene rings is 2. The number of carbonyl (C=O) groups excluding carboxylic acids is 1. The molecule has 0 atom stereocenters. The molecule has 0 saturated heterocycles. The average Bonchev–Trinajstić information content (AvgIpc) is 3.54. The van der Waals surface area contributed by atoms with E-state index in [1.54, 1.807) is 0 Å². The summed E-state index contributed by atoms with van der Waals surface area (Å²) in [6, 6.07) is 19.7. The third kappa shape index (κ3) is 3.61. The molecule has 35 heavy (non-hydrogen) atoms. The number of fused-ring (bicyclic) bond motifs is 3. The fourth-order valence-electron chi connectivity index (χ4n) is 4.64. The molecule has 0 saturated carbocycles. The number of amides is 1. The molecule has 0 fully saturated rings. The predicted octanol–water partition coefficient (Wildman–Crippen LogP) is 3.29. The van der Waals surface area contributed by atoms with Crippen LogP contribution in [0.2, 0.25) is 0 Å². The van der Waals surface area contributed by atoms with Gasteiger partial charge in [-0.1, -0.05) is 36.4 Å². The Bertz CT molecular complexity index is 1710. The van der Waals surface area contributed by atoms with Gasteiger partial charge in [-0.25, -0.2) is 4.98 Å². The Morgan fingerprint density at radius 1 is 0.971 bits per heavy atom. The summed E-state index contributed by atoms with van der Waals surface area (Å²) in [6.45, 7) is 2.98. The highest BCUT2D eigenvalue weighted by atomic mass is 16.1. The highest BCUT2D eigenvalue weighted by molar-refractivity contribution is 6.04. The van der Waals surface area contributed by atoms with Gasteiger partial charge in [0.2, 0.25) is 0 Å². The molecule has 9 nitrogen and oxygen atoms in total. The second-order valence-electron chi connectivity index (χ2n) is 8.60. The van der Waals surface area contributed by atoms with Crippen molar-refractivity contribution in [3.63, 3.8) is 0 Å². The Morgan fingerprint density at radius 3 is 2.71 bits per heavy atom. The third-order valence-electron chi connectivity index (χ3n) is 6.37. The zero-order valence-corrected chi connectivity index (χ0v) is 19.5. The minimum Gasteiger partial charge on any atom is -0.350 e. The van der Waals surface area contributed by atoms with E-state index in [9.17, 15) is 4.79 Å². The Kier molecular flexibility index (Phi) is 5.02. The van der Waals surface area contributed by atoms with Crippen molar-refractivity contribution in [2.24, 2.45) is 7.05 Å². The van der Waals surface area contributed by atoms with Gasteiger partial charge in [0.25, 0.3) is 5.91 Å². The van der Waals surface area contributed by atoms with Crippen LogP contribution >= 0.6 is 0 Å². The molecular formula is C26H24N8O. The van der Waals surface area contributed by atoms with Crippen molar-refractivity contribution in [2.45, 2.75) is 19.9 Å². The van der Waals surface area contributed by atoms with Crippen LogP contribution in [0.3, 0.4) is 0 Å². The number of nitrogens with one attached hydrogen (secondary N) is 1. The third-order valence-corrected chi connectivity index (χ3v) is 6.37. The van der Waals surface area contributed by atoms with E-state index >= 15 is 0 Å². The SMILES string of the molecule is Cc1cccc2nc(Cn3nc(C(=O)NCCc4nnc5ccccn45)c4ccccc43)n(C)c12. The van der Waals surface area contributed by atoms with Crippen molar-refractivity contribution in [1.29, 1.82) is 0 Å². The van der Waals surface area contributed by atoms with Crippen molar-refractivity contribution < 1.29 is 4.79 Å². The van der Waals surface area contributed by atoms with Gasteiger partial charge >= 0.3 is 0 Å². The van der Waals surface area contributed by atoms with E-state index in [1.165, 1.54) is 5.56 Å². The molecule has 2 aromatic carbocycles. The van der Waals surface area contributed by atoms with E-state index in [4.69, 9.17) is 10.1 Å². The van der Waals surface area contributed by atoms with Crippen molar-refractivity contribution in [2.75, 3.05) is 6.54 Å². The minimum absolute atomic E-state index is 0.213. The van der Waals surface area contributed by atoms with Crippen LogP contribution in [0.5, 0.6) is 0 Å². The van der Waals surface area contributed by atoms with Gasteiger partial charge < -0.3 is 9.88 Å². The van der Waals surface area contributed by atoms with E-state index < -0.39 is 0 Å². The van der Waals surface area contributed by atoms with Gasteiger partial charge in [0, 0.05) is 31.6 Å². The van der Waals surface area contributed by atoms with Crippen LogP contribution < -0.4 is 5.32 Å². The molecule has 4 heterocycles. The standard InChI is InChI=1S/C26H24N8O/c1-17-8-7-10-19-25(17)32(2)23(28-19)16-34-20-11-4-3-9-18(20)24(31-34)26(35)27-14-13-22-30-29-21-12-5-6-15-33(21)22/h3-12,15H,13-14,16H2,1-2H3,(H,27,35). The topological polar surface area (TPSA) is 94.9 Å². The average molecular weight is 465 g/mol. The van der Waals surface area contributed by atoms with Crippen LogP contribution in [-0.4, -0.2) is 46.4 Å². The zero-order valence-electron chi connectivity index (χ0n) is 19.5. The van der Waals surface area contributed by atoms with Crippen LogP contribution in [0, 0.1) is 6.92 Å². The van der Waals surface area contributed by atoms with Crippen LogP contribution in [0.15, 0.2) is 66.9 Å². The summed E-state index contributed by atoms with van der Waals surface area (Å²) in [5.41, 5.74) is 5.33. The molecule has 6 rings (SSSR count). The number of pyridine rings is 1. The molecule has 4 aromatic heterocycles. The first kappa shape index (κ1) is 21.0. The van der Waals surface area contributed by atoms with Gasteiger partial charge in [0.15, 0.2) is 11.3 Å². The summed E-state index contributed by atoms with van der Waals surface area (Å²) >= 11 is 0. The molecule has 0 radical (unpaired) electrons. The molecular weight excluding hydrogens is 440 g/mol. The van der Waals surface area contributed by atoms with Gasteiger partial charge in [0.05, 0.1) is 23.1 Å². The van der Waals surface area contributed by atoms with Crippen molar-refractivity contribution in [3.8, 4) is 0 Å². The molecule has 9 heteroatoms. The second-order valence-corrected chi connectivity index (χ2v) is 8.60. The molecule has 0 aliphatic carbocycles. The van der Waals surface area contributed by atoms with Crippen LogP contribution in [0.1, 0.15) is 27.7 Å². The first-order chi connectivity index (χ1) is 17.1. The Labute approximate surface area is 201 Å². The number of aromatic nitrogens is 7. The lowest BCUT2D eigenvalue weighted by atomic mass is 10.2. The predicted molar refractivity (Wildman–Crippen MR) is 133 cm³/mol. The first-order valence-electron chi connectivity index (χ1n) is 11.5. The molecule has 0 bridgehead atoms. The van der Waals surface area contributed by atoms with E-state index in [2.05, 4.69) is 33.1 Å². The smallest absolute Gasteiger partial charge is 0.272 e. The van der Waals surface area contributed by atoms with Crippen LogP contribution in [0.4, 0.5) is 0 Å². The summed E-state index contributed by atoms with van der Waals surface area (Å²) < 4.78 is 5.88. The fraction of sp³-hybridized carbons (Fsp3) is 0.192. The normalized spacial score (nSPS) is 11.6. The highest BCUT2D eigenvalue weighted by Gasteiger charge is 2.19. The number of carbonyl (C=O) groups is 1. The summed E-state index contributed by atoms with van der Waals surface area (Å²) in [7, 11) is 2.02. The van der Waals surface area contributed by atoms with Gasteiger partial charge in [-0.3, -0.25) is 13.9 Å². The van der Waals surface area contributed by atoms with E-state index in [0.717, 1.165) is 39.2 Å². The molecule has 0 aliphatic heterocycles. The maximum Gasteiger partial charge on any atom is 0.272 e. The second kappa shape index (κ2) is 8.35. The molecule has 0 spiro atoms. The monoisotopic (exact) mass is 464 g/mol. The van der Waals surface area contributed by atoms with Crippen LogP contribution in [-0.2, 0) is 20.0 Å². The molecule has 1 N–H and O–H groups in total. The number of rotatable bonds is 6. The van der Waals surface area contributed by atoms with Crippen molar-refractivity contribution in [1.82, 2.24) is 39.2 Å². The fourth-order valence-corrected chi connectivity index (χ4v) is 4.64. The quantitative estimate of drug-likeness (QED) is 0.408. The van der Waals surface area contributed by atoms with Crippen molar-refractivity contribution in [3.05, 3.63) is 89.8 Å². The summed E-state index contributed by atoms with van der Waals surface area (Å²) in [6.07, 6.45) is 2.49. The van der Waals surface area contributed by atoms with Gasteiger partial charge in [-0.15, -0.1) is 10.2 Å². The molecule has 1 amide bonds. The number of aryl methyl sites for hydroxylation is 2. The van der Waals surface area contributed by atoms with E-state index in [-0.39, 0.29) is 5.91 Å². The Balaban J connectivity index is 1.26. The van der Waals surface area contributed by atoms with E-state index in [1.807, 2.05) is 76.9 Å². The van der Waals surface area contributed by atoms with Gasteiger partial charge in [0.1, 0.15) is 11.6 Å². The molecule has 0 aliphatic rings. The number of nitrogens with zero attached hydrogens (tertiary/aromatic N) is 7. The van der Waals surface area contributed by atoms with Crippen molar-refractivity contribution >= 4 is 33.5 Å². The van der Waals surface area contributed by atoms with Crippen LogP contribution in [0.25, 0.3) is 27.6 Å². The highest BCUT2D eigenvalue weighted by Crippen LogP contribution is 2.22. The first-order valence-corrected chi connectivity index (χ1v) is 11.5. The summed E-state index contributed by atoms with van der Waals surface area (Å²) in [5.74, 6) is 1.47. The lowest BCUT2D eigenvalue weighted by Gasteiger charge is -2.05. The Morgan fingerprint density at radius 2 is 1.83 bits per heavy atom. The number of hydrogen-bond donors (Lipinski definition) is 1. The summed E-state index contributed by atoms with van der Waals surface area (Å²) in [4.78, 5) is 17.9. The molecule has 6 aromatic rings. The van der Waals surface area contributed by atoms with Gasteiger partial charge in [-0.2, -0.15) is 5.10 Å². The Hall–Kier alpha value is -4.53. The number of para-hydroxylation sites is 2. The maximum absolute atomic E-state index is 13.1. The lowest BCUT2D eigenvalue weighted by molar-refractivity contribution is 0.0949. The zero-order chi connectivity index (χ0) is 23.9. The minimum atomic E-state index is -0.213.